The molecule has 1 saturated heterocycles. The molecule has 0 spiro atoms. The van der Waals surface area contributed by atoms with Gasteiger partial charge in [0.25, 0.3) is 0 Å². The van der Waals surface area contributed by atoms with Crippen LogP contribution >= 0.6 is 0 Å². The van der Waals surface area contributed by atoms with Crippen molar-refractivity contribution in [1.82, 2.24) is 9.29 Å². The minimum absolute atomic E-state index is 0.0243. The molecule has 0 aliphatic carbocycles. The Labute approximate surface area is 114 Å². The molecule has 0 bridgehead atoms. The predicted molar refractivity (Wildman–Crippen MR) is 73.8 cm³/mol. The van der Waals surface area contributed by atoms with E-state index in [-0.39, 0.29) is 17.0 Å². The third kappa shape index (κ3) is 2.72. The number of hydrogen-bond donors (Lipinski definition) is 2. The summed E-state index contributed by atoms with van der Waals surface area (Å²) in [5, 5.41) is 0. The average Bonchev–Trinajstić information content (AvgIpc) is 2.38. The van der Waals surface area contributed by atoms with E-state index in [4.69, 9.17) is 5.84 Å². The fourth-order valence-corrected chi connectivity index (χ4v) is 4.54. The van der Waals surface area contributed by atoms with E-state index in [9.17, 15) is 8.42 Å². The summed E-state index contributed by atoms with van der Waals surface area (Å²) in [5.74, 6) is 5.62. The van der Waals surface area contributed by atoms with E-state index in [1.807, 2.05) is 13.8 Å². The zero-order valence-corrected chi connectivity index (χ0v) is 12.0. The van der Waals surface area contributed by atoms with Crippen LogP contribution in [0.15, 0.2) is 23.2 Å². The highest BCUT2D eigenvalue weighted by Gasteiger charge is 2.35. The molecule has 106 valence electrons. The van der Waals surface area contributed by atoms with Gasteiger partial charge in [-0.25, -0.2) is 19.2 Å². The number of nitrogens with one attached hydrogen (secondary N) is 1. The first-order valence-electron chi connectivity index (χ1n) is 6.43. The molecule has 7 heteroatoms. The van der Waals surface area contributed by atoms with Crippen LogP contribution < -0.4 is 11.3 Å². The molecule has 0 saturated carbocycles. The molecular weight excluding hydrogens is 264 g/mol. The fraction of sp³-hybridized carbons (Fsp3) is 0.583. The highest BCUT2D eigenvalue weighted by molar-refractivity contribution is 7.89. The van der Waals surface area contributed by atoms with Crippen molar-refractivity contribution in [3.8, 4) is 0 Å². The quantitative estimate of drug-likeness (QED) is 0.645. The molecule has 0 unspecified atom stereocenters. The molecule has 1 fully saturated rings. The van der Waals surface area contributed by atoms with Gasteiger partial charge in [0.05, 0.1) is 4.90 Å². The first-order valence-corrected chi connectivity index (χ1v) is 7.87. The van der Waals surface area contributed by atoms with Crippen LogP contribution in [0.3, 0.4) is 0 Å². The minimum atomic E-state index is -3.50. The lowest BCUT2D eigenvalue weighted by atomic mass is 10.0. The lowest BCUT2D eigenvalue weighted by Crippen LogP contribution is -2.47. The molecule has 1 aromatic rings. The highest BCUT2D eigenvalue weighted by Crippen LogP contribution is 2.29. The Morgan fingerprint density at radius 1 is 1.37 bits per heavy atom. The lowest BCUT2D eigenvalue weighted by molar-refractivity contribution is 0.204. The Balaban J connectivity index is 2.40. The molecule has 1 aliphatic rings. The number of hydrogen-bond acceptors (Lipinski definition) is 5. The van der Waals surface area contributed by atoms with E-state index in [1.165, 1.54) is 18.3 Å². The number of nitrogens with zero attached hydrogens (tertiary/aromatic N) is 2. The highest BCUT2D eigenvalue weighted by atomic mass is 32.2. The van der Waals surface area contributed by atoms with Crippen molar-refractivity contribution in [2.24, 2.45) is 5.84 Å². The van der Waals surface area contributed by atoms with Crippen LogP contribution in [-0.2, 0) is 10.0 Å². The van der Waals surface area contributed by atoms with Crippen molar-refractivity contribution in [2.45, 2.75) is 50.1 Å². The van der Waals surface area contributed by atoms with E-state index in [0.29, 0.717) is 5.82 Å². The Morgan fingerprint density at radius 3 is 2.58 bits per heavy atom. The summed E-state index contributed by atoms with van der Waals surface area (Å²) in [5.41, 5.74) is 2.37. The van der Waals surface area contributed by atoms with Gasteiger partial charge in [0.2, 0.25) is 10.0 Å². The van der Waals surface area contributed by atoms with Gasteiger partial charge >= 0.3 is 0 Å². The van der Waals surface area contributed by atoms with Crippen LogP contribution in [0, 0.1) is 0 Å². The summed E-state index contributed by atoms with van der Waals surface area (Å²) in [6.45, 7) is 3.91. The van der Waals surface area contributed by atoms with Crippen molar-refractivity contribution in [2.75, 3.05) is 5.43 Å². The summed E-state index contributed by atoms with van der Waals surface area (Å²) in [6.07, 6.45) is 4.31. The Kier molecular flexibility index (Phi) is 4.07. The molecule has 0 amide bonds. The van der Waals surface area contributed by atoms with Crippen LogP contribution in [0.25, 0.3) is 0 Å². The SMILES string of the molecule is C[C@@H]1CCC[C@H](C)N1S(=O)(=O)c1ccnc(NN)c1. The molecule has 6 nitrogen and oxygen atoms in total. The number of aromatic nitrogens is 1. The van der Waals surface area contributed by atoms with Crippen molar-refractivity contribution >= 4 is 15.8 Å². The van der Waals surface area contributed by atoms with Crippen LogP contribution in [0.5, 0.6) is 0 Å². The van der Waals surface area contributed by atoms with Crippen LogP contribution in [0.1, 0.15) is 33.1 Å². The molecule has 1 aliphatic heterocycles. The maximum atomic E-state index is 12.7. The predicted octanol–water partition coefficient (Wildman–Crippen LogP) is 1.32. The second-order valence-electron chi connectivity index (χ2n) is 4.99. The van der Waals surface area contributed by atoms with Crippen molar-refractivity contribution < 1.29 is 8.42 Å². The van der Waals surface area contributed by atoms with Gasteiger partial charge in [0.1, 0.15) is 5.82 Å². The zero-order chi connectivity index (χ0) is 14.0. The van der Waals surface area contributed by atoms with E-state index < -0.39 is 10.0 Å². The molecular formula is C12H20N4O2S. The summed E-state index contributed by atoms with van der Waals surface area (Å²) in [6, 6.07) is 3.01. The van der Waals surface area contributed by atoms with Crippen molar-refractivity contribution in [3.05, 3.63) is 18.3 Å². The fourth-order valence-electron chi connectivity index (χ4n) is 2.64. The Morgan fingerprint density at radius 2 is 2.00 bits per heavy atom. The van der Waals surface area contributed by atoms with E-state index >= 15 is 0 Å². The molecule has 3 N–H and O–H groups in total. The smallest absolute Gasteiger partial charge is 0.243 e. The number of piperidine rings is 1. The minimum Gasteiger partial charge on any atom is -0.308 e. The third-order valence-electron chi connectivity index (χ3n) is 3.57. The van der Waals surface area contributed by atoms with Crippen LogP contribution in [0.2, 0.25) is 0 Å². The van der Waals surface area contributed by atoms with E-state index in [2.05, 4.69) is 10.4 Å². The number of nitrogens with two attached hydrogens (primary N) is 1. The first kappa shape index (κ1) is 14.2. The van der Waals surface area contributed by atoms with Gasteiger partial charge in [-0.2, -0.15) is 4.31 Å². The van der Waals surface area contributed by atoms with Gasteiger partial charge in [-0.1, -0.05) is 6.42 Å². The first-order chi connectivity index (χ1) is 8.96. The zero-order valence-electron chi connectivity index (χ0n) is 11.2. The molecule has 19 heavy (non-hydrogen) atoms. The number of anilines is 1. The number of rotatable bonds is 3. The number of pyridine rings is 1. The van der Waals surface area contributed by atoms with Crippen molar-refractivity contribution in [1.29, 1.82) is 0 Å². The molecule has 2 heterocycles. The van der Waals surface area contributed by atoms with Crippen LogP contribution in [0.4, 0.5) is 5.82 Å². The van der Waals surface area contributed by atoms with E-state index in [1.54, 1.807) is 4.31 Å². The monoisotopic (exact) mass is 284 g/mol. The van der Waals surface area contributed by atoms with Gasteiger partial charge in [-0.05, 0) is 32.8 Å². The summed E-state index contributed by atoms with van der Waals surface area (Å²) in [4.78, 5) is 4.17. The van der Waals surface area contributed by atoms with E-state index in [0.717, 1.165) is 19.3 Å². The standard InChI is InChI=1S/C12H20N4O2S/c1-9-4-3-5-10(2)16(9)19(17,18)11-6-7-14-12(8-11)15-13/h6-10H,3-5,13H2,1-2H3,(H,14,15)/t9-,10+. The van der Waals surface area contributed by atoms with Gasteiger partial charge in [-0.15, -0.1) is 0 Å². The molecule has 1 aromatic heterocycles. The average molecular weight is 284 g/mol. The molecule has 2 rings (SSSR count). The normalized spacial score (nSPS) is 25.2. The van der Waals surface area contributed by atoms with Gasteiger partial charge < -0.3 is 5.43 Å². The largest absolute Gasteiger partial charge is 0.308 e. The Hall–Kier alpha value is -1.18. The Bertz CT molecular complexity index is 536. The summed E-state index contributed by atoms with van der Waals surface area (Å²) >= 11 is 0. The number of sulfonamides is 1. The van der Waals surface area contributed by atoms with Crippen LogP contribution in [-0.4, -0.2) is 29.8 Å². The lowest BCUT2D eigenvalue weighted by Gasteiger charge is -2.37. The van der Waals surface area contributed by atoms with Gasteiger partial charge in [0.15, 0.2) is 0 Å². The maximum Gasteiger partial charge on any atom is 0.243 e. The number of hydrazine groups is 1. The number of nitrogen functional groups attached to an aromatic ring is 1. The third-order valence-corrected chi connectivity index (χ3v) is 5.69. The van der Waals surface area contributed by atoms with Crippen molar-refractivity contribution in [3.63, 3.8) is 0 Å². The van der Waals surface area contributed by atoms with Gasteiger partial charge in [-0.3, -0.25) is 0 Å². The maximum absolute atomic E-state index is 12.7. The summed E-state index contributed by atoms with van der Waals surface area (Å²) < 4.78 is 27.0. The molecule has 2 atom stereocenters. The molecule has 0 aromatic carbocycles. The van der Waals surface area contributed by atoms with Gasteiger partial charge in [0, 0.05) is 24.3 Å². The topological polar surface area (TPSA) is 88.3 Å². The second kappa shape index (κ2) is 5.44. The second-order valence-corrected chi connectivity index (χ2v) is 6.83. The summed E-state index contributed by atoms with van der Waals surface area (Å²) in [7, 11) is -3.50. The molecule has 0 radical (unpaired) electrons.